The fraction of sp³-hybridized carbons (Fsp3) is 0.500. The molecule has 2 aromatic rings. The average Bonchev–Trinajstić information content (AvgIpc) is 2.94. The van der Waals surface area contributed by atoms with Crippen LogP contribution in [0.15, 0.2) is 24.7 Å². The van der Waals surface area contributed by atoms with Crippen LogP contribution in [0.25, 0.3) is 0 Å². The third-order valence-electron chi connectivity index (χ3n) is 3.82. The van der Waals surface area contributed by atoms with Gasteiger partial charge in [0.1, 0.15) is 0 Å². The SMILES string of the molecule is Cn1ccc(CNC2CCCc3c2cnn3C)c1. The molecular formula is C14H20N4. The third-order valence-corrected chi connectivity index (χ3v) is 3.82. The van der Waals surface area contributed by atoms with Crippen molar-refractivity contribution in [3.63, 3.8) is 0 Å². The molecule has 0 bridgehead atoms. The summed E-state index contributed by atoms with van der Waals surface area (Å²) in [5.41, 5.74) is 4.13. The number of aryl methyl sites for hydroxylation is 2. The zero-order valence-corrected chi connectivity index (χ0v) is 11.1. The number of rotatable bonds is 3. The second kappa shape index (κ2) is 4.61. The molecule has 0 aliphatic heterocycles. The van der Waals surface area contributed by atoms with Gasteiger partial charge in [-0.25, -0.2) is 0 Å². The van der Waals surface area contributed by atoms with Crippen molar-refractivity contribution in [3.8, 4) is 0 Å². The minimum atomic E-state index is 0.461. The molecule has 0 saturated carbocycles. The average molecular weight is 244 g/mol. The normalized spacial score (nSPS) is 18.9. The van der Waals surface area contributed by atoms with Crippen LogP contribution in [0, 0.1) is 0 Å². The molecule has 0 spiro atoms. The molecule has 4 heteroatoms. The summed E-state index contributed by atoms with van der Waals surface area (Å²) < 4.78 is 4.11. The van der Waals surface area contributed by atoms with Crippen molar-refractivity contribution in [1.82, 2.24) is 19.7 Å². The molecular weight excluding hydrogens is 224 g/mol. The Labute approximate surface area is 108 Å². The Bertz CT molecular complexity index is 538. The van der Waals surface area contributed by atoms with E-state index in [4.69, 9.17) is 0 Å². The summed E-state index contributed by atoms with van der Waals surface area (Å²) in [7, 11) is 4.10. The highest BCUT2D eigenvalue weighted by Gasteiger charge is 2.22. The van der Waals surface area contributed by atoms with E-state index in [0.717, 1.165) is 13.0 Å². The van der Waals surface area contributed by atoms with Gasteiger partial charge in [0.25, 0.3) is 0 Å². The molecule has 1 atom stereocenters. The Hall–Kier alpha value is -1.55. The van der Waals surface area contributed by atoms with Gasteiger partial charge in [-0.1, -0.05) is 0 Å². The monoisotopic (exact) mass is 244 g/mol. The van der Waals surface area contributed by atoms with Gasteiger partial charge in [0.05, 0.1) is 6.20 Å². The van der Waals surface area contributed by atoms with E-state index in [1.807, 2.05) is 17.9 Å². The molecule has 0 saturated heterocycles. The predicted molar refractivity (Wildman–Crippen MR) is 71.1 cm³/mol. The zero-order valence-electron chi connectivity index (χ0n) is 11.1. The maximum Gasteiger partial charge on any atom is 0.0540 e. The van der Waals surface area contributed by atoms with Crippen LogP contribution in [0.2, 0.25) is 0 Å². The van der Waals surface area contributed by atoms with Gasteiger partial charge >= 0.3 is 0 Å². The minimum absolute atomic E-state index is 0.461. The molecule has 1 unspecified atom stereocenters. The molecule has 0 amide bonds. The predicted octanol–water partition coefficient (Wildman–Crippen LogP) is 1.93. The lowest BCUT2D eigenvalue weighted by Crippen LogP contribution is -2.24. The Kier molecular flexibility index (Phi) is 2.96. The topological polar surface area (TPSA) is 34.8 Å². The van der Waals surface area contributed by atoms with E-state index in [-0.39, 0.29) is 0 Å². The van der Waals surface area contributed by atoms with Crippen molar-refractivity contribution < 1.29 is 0 Å². The fourth-order valence-electron chi connectivity index (χ4n) is 2.82. The minimum Gasteiger partial charge on any atom is -0.357 e. The number of fused-ring (bicyclic) bond motifs is 1. The van der Waals surface area contributed by atoms with E-state index in [2.05, 4.69) is 40.5 Å². The van der Waals surface area contributed by atoms with Gasteiger partial charge in [-0.2, -0.15) is 5.10 Å². The first-order valence-corrected chi connectivity index (χ1v) is 6.59. The van der Waals surface area contributed by atoms with Crippen molar-refractivity contribution in [3.05, 3.63) is 41.5 Å². The van der Waals surface area contributed by atoms with Gasteiger partial charge in [-0.3, -0.25) is 4.68 Å². The second-order valence-electron chi connectivity index (χ2n) is 5.18. The van der Waals surface area contributed by atoms with Crippen LogP contribution >= 0.6 is 0 Å². The lowest BCUT2D eigenvalue weighted by molar-refractivity contribution is 0.452. The molecule has 2 heterocycles. The molecule has 4 nitrogen and oxygen atoms in total. The molecule has 0 radical (unpaired) electrons. The standard InChI is InChI=1S/C14H20N4/c1-17-7-6-11(10-17)8-15-13-4-3-5-14-12(13)9-16-18(14)2/h6-7,9-10,13,15H,3-5,8H2,1-2H3. The molecule has 96 valence electrons. The van der Waals surface area contributed by atoms with Crippen molar-refractivity contribution in [2.75, 3.05) is 0 Å². The van der Waals surface area contributed by atoms with E-state index < -0.39 is 0 Å². The molecule has 1 aliphatic carbocycles. The lowest BCUT2D eigenvalue weighted by atomic mass is 9.93. The van der Waals surface area contributed by atoms with E-state index in [9.17, 15) is 0 Å². The maximum atomic E-state index is 4.38. The summed E-state index contributed by atoms with van der Waals surface area (Å²) >= 11 is 0. The highest BCUT2D eigenvalue weighted by molar-refractivity contribution is 5.25. The lowest BCUT2D eigenvalue weighted by Gasteiger charge is -2.23. The number of hydrogen-bond acceptors (Lipinski definition) is 2. The van der Waals surface area contributed by atoms with Gasteiger partial charge in [0.15, 0.2) is 0 Å². The summed E-state index contributed by atoms with van der Waals surface area (Å²) in [6, 6.07) is 2.63. The number of nitrogens with zero attached hydrogens (tertiary/aromatic N) is 3. The van der Waals surface area contributed by atoms with Crippen molar-refractivity contribution in [1.29, 1.82) is 0 Å². The van der Waals surface area contributed by atoms with Crippen molar-refractivity contribution >= 4 is 0 Å². The summed E-state index contributed by atoms with van der Waals surface area (Å²) in [6.45, 7) is 0.930. The van der Waals surface area contributed by atoms with Gasteiger partial charge in [-0.05, 0) is 30.9 Å². The van der Waals surface area contributed by atoms with Crippen LogP contribution in [0.3, 0.4) is 0 Å². The van der Waals surface area contributed by atoms with Crippen LogP contribution in [0.4, 0.5) is 0 Å². The molecule has 0 aromatic carbocycles. The largest absolute Gasteiger partial charge is 0.357 e. The summed E-state index contributed by atoms with van der Waals surface area (Å²) in [4.78, 5) is 0. The third kappa shape index (κ3) is 2.08. The van der Waals surface area contributed by atoms with Crippen LogP contribution < -0.4 is 5.32 Å². The number of aromatic nitrogens is 3. The van der Waals surface area contributed by atoms with Gasteiger partial charge in [0, 0.05) is 50.3 Å². The van der Waals surface area contributed by atoms with Gasteiger partial charge in [0.2, 0.25) is 0 Å². The van der Waals surface area contributed by atoms with Crippen LogP contribution in [0.5, 0.6) is 0 Å². The second-order valence-corrected chi connectivity index (χ2v) is 5.18. The summed E-state index contributed by atoms with van der Waals surface area (Å²) in [6.07, 6.45) is 9.91. The maximum absolute atomic E-state index is 4.38. The zero-order chi connectivity index (χ0) is 12.5. The van der Waals surface area contributed by atoms with Crippen molar-refractivity contribution in [2.24, 2.45) is 14.1 Å². The van der Waals surface area contributed by atoms with Gasteiger partial charge in [-0.15, -0.1) is 0 Å². The van der Waals surface area contributed by atoms with E-state index in [1.165, 1.54) is 29.7 Å². The van der Waals surface area contributed by atoms with Crippen LogP contribution in [-0.2, 0) is 27.1 Å². The Morgan fingerprint density at radius 3 is 3.11 bits per heavy atom. The Balaban J connectivity index is 1.71. The molecule has 18 heavy (non-hydrogen) atoms. The van der Waals surface area contributed by atoms with Crippen LogP contribution in [-0.4, -0.2) is 14.3 Å². The van der Waals surface area contributed by atoms with Crippen molar-refractivity contribution in [2.45, 2.75) is 31.8 Å². The first-order chi connectivity index (χ1) is 8.74. The quantitative estimate of drug-likeness (QED) is 0.895. The molecule has 1 aliphatic rings. The van der Waals surface area contributed by atoms with E-state index >= 15 is 0 Å². The van der Waals surface area contributed by atoms with E-state index in [1.54, 1.807) is 0 Å². The highest BCUT2D eigenvalue weighted by Crippen LogP contribution is 2.29. The molecule has 0 fully saturated rings. The summed E-state index contributed by atoms with van der Waals surface area (Å²) in [5.74, 6) is 0. The molecule has 2 aromatic heterocycles. The van der Waals surface area contributed by atoms with E-state index in [0.29, 0.717) is 6.04 Å². The Morgan fingerprint density at radius 2 is 2.33 bits per heavy atom. The van der Waals surface area contributed by atoms with Gasteiger partial charge < -0.3 is 9.88 Å². The molecule has 3 rings (SSSR count). The molecule has 1 N–H and O–H groups in total. The first-order valence-electron chi connectivity index (χ1n) is 6.59. The highest BCUT2D eigenvalue weighted by atomic mass is 15.3. The fourth-order valence-corrected chi connectivity index (χ4v) is 2.82. The Morgan fingerprint density at radius 1 is 1.44 bits per heavy atom. The summed E-state index contributed by atoms with van der Waals surface area (Å²) in [5, 5.41) is 8.03. The van der Waals surface area contributed by atoms with Crippen LogP contribution in [0.1, 0.15) is 35.7 Å². The number of hydrogen-bond donors (Lipinski definition) is 1. The first kappa shape index (κ1) is 11.5. The number of nitrogens with one attached hydrogen (secondary N) is 1. The smallest absolute Gasteiger partial charge is 0.0540 e.